The number of imide groups is 1. The van der Waals surface area contributed by atoms with Gasteiger partial charge in [-0.3, -0.25) is 9.59 Å². The molecule has 0 saturated carbocycles. The van der Waals surface area contributed by atoms with E-state index in [2.05, 4.69) is 0 Å². The number of benzene rings is 1. The Bertz CT molecular complexity index is 700. The molecule has 0 unspecified atom stereocenters. The molecule has 6 nitrogen and oxygen atoms in total. The Morgan fingerprint density at radius 1 is 1.36 bits per heavy atom. The maximum absolute atomic E-state index is 12.8. The number of methoxy groups -OCH3 is 1. The standard InChI is InChI=1S/C16H15NO5/c1-21-10-4-2-3-9(7-10)17-14(19)12-11-5-6-16(8-18,22-11)13(12)15(17)20/h2-7,11-13,18H,8H2,1H3/t11-,12+,13-,16+/m0/s1. The lowest BCUT2D eigenvalue weighted by Gasteiger charge is -2.26. The maximum Gasteiger partial charge on any atom is 0.241 e. The number of rotatable bonds is 3. The van der Waals surface area contributed by atoms with E-state index in [1.165, 1.54) is 12.0 Å². The van der Waals surface area contributed by atoms with E-state index >= 15 is 0 Å². The number of hydrogen-bond donors (Lipinski definition) is 1. The molecule has 1 N–H and O–H groups in total. The molecule has 2 amide bonds. The molecular weight excluding hydrogens is 286 g/mol. The molecule has 0 radical (unpaired) electrons. The van der Waals surface area contributed by atoms with Gasteiger partial charge in [-0.05, 0) is 12.1 Å². The van der Waals surface area contributed by atoms with Crippen LogP contribution in [0.5, 0.6) is 5.75 Å². The average molecular weight is 301 g/mol. The molecule has 114 valence electrons. The number of ether oxygens (including phenoxy) is 2. The summed E-state index contributed by atoms with van der Waals surface area (Å²) in [5.74, 6) is -1.26. The number of amides is 2. The summed E-state index contributed by atoms with van der Waals surface area (Å²) in [6, 6.07) is 6.83. The number of carbonyl (C=O) groups is 2. The molecule has 1 aromatic rings. The second-order valence-electron chi connectivity index (χ2n) is 5.77. The molecule has 0 spiro atoms. The summed E-state index contributed by atoms with van der Waals surface area (Å²) >= 11 is 0. The van der Waals surface area contributed by atoms with Crippen molar-refractivity contribution in [1.82, 2.24) is 0 Å². The number of nitrogens with zero attached hydrogens (tertiary/aromatic N) is 1. The highest BCUT2D eigenvalue weighted by Crippen LogP contribution is 2.52. The summed E-state index contributed by atoms with van der Waals surface area (Å²) in [4.78, 5) is 26.7. The summed E-state index contributed by atoms with van der Waals surface area (Å²) in [6.07, 6.45) is 3.03. The lowest BCUT2D eigenvalue weighted by molar-refractivity contribution is -0.128. The first-order valence-electron chi connectivity index (χ1n) is 7.11. The van der Waals surface area contributed by atoms with Crippen molar-refractivity contribution in [1.29, 1.82) is 0 Å². The molecular formula is C16H15NO5. The zero-order valence-corrected chi connectivity index (χ0v) is 11.9. The van der Waals surface area contributed by atoms with Gasteiger partial charge in [0.15, 0.2) is 0 Å². The van der Waals surface area contributed by atoms with Crippen LogP contribution in [0.3, 0.4) is 0 Å². The van der Waals surface area contributed by atoms with Crippen molar-refractivity contribution in [2.24, 2.45) is 11.8 Å². The molecule has 22 heavy (non-hydrogen) atoms. The van der Waals surface area contributed by atoms with Crippen LogP contribution in [0.15, 0.2) is 36.4 Å². The number of carbonyl (C=O) groups excluding carboxylic acids is 2. The van der Waals surface area contributed by atoms with Crippen molar-refractivity contribution in [3.63, 3.8) is 0 Å². The van der Waals surface area contributed by atoms with Crippen LogP contribution in [0.4, 0.5) is 5.69 Å². The van der Waals surface area contributed by atoms with E-state index in [-0.39, 0.29) is 18.4 Å². The van der Waals surface area contributed by atoms with E-state index in [1.807, 2.05) is 0 Å². The van der Waals surface area contributed by atoms with Crippen molar-refractivity contribution in [2.45, 2.75) is 11.7 Å². The van der Waals surface area contributed by atoms with E-state index in [4.69, 9.17) is 9.47 Å². The second kappa shape index (κ2) is 4.41. The van der Waals surface area contributed by atoms with Crippen LogP contribution in [-0.2, 0) is 14.3 Å². The molecule has 3 aliphatic rings. The van der Waals surface area contributed by atoms with Gasteiger partial charge in [-0.2, -0.15) is 0 Å². The molecule has 6 heteroatoms. The smallest absolute Gasteiger partial charge is 0.241 e. The lowest BCUT2D eigenvalue weighted by Crippen LogP contribution is -2.43. The van der Waals surface area contributed by atoms with Gasteiger partial charge in [0.1, 0.15) is 11.4 Å². The quantitative estimate of drug-likeness (QED) is 0.650. The largest absolute Gasteiger partial charge is 0.497 e. The first kappa shape index (κ1) is 13.5. The number of anilines is 1. The predicted octanol–water partition coefficient (Wildman–Crippen LogP) is 0.500. The lowest BCUT2D eigenvalue weighted by atomic mass is 9.77. The van der Waals surface area contributed by atoms with Crippen molar-refractivity contribution in [2.75, 3.05) is 18.6 Å². The van der Waals surface area contributed by atoms with E-state index in [0.29, 0.717) is 11.4 Å². The van der Waals surface area contributed by atoms with Gasteiger partial charge in [-0.25, -0.2) is 4.90 Å². The normalized spacial score (nSPS) is 35.4. The maximum atomic E-state index is 12.8. The highest BCUT2D eigenvalue weighted by Gasteiger charge is 2.67. The number of fused-ring (bicyclic) bond motifs is 5. The van der Waals surface area contributed by atoms with Gasteiger partial charge in [0, 0.05) is 6.07 Å². The Kier molecular flexibility index (Phi) is 2.70. The summed E-state index contributed by atoms with van der Waals surface area (Å²) in [5.41, 5.74) is -0.577. The van der Waals surface area contributed by atoms with Crippen LogP contribution in [0.2, 0.25) is 0 Å². The first-order chi connectivity index (χ1) is 10.6. The van der Waals surface area contributed by atoms with Crippen LogP contribution in [0.1, 0.15) is 0 Å². The summed E-state index contributed by atoms with van der Waals surface area (Å²) in [7, 11) is 1.53. The van der Waals surface area contributed by atoms with Crippen molar-refractivity contribution in [3.05, 3.63) is 36.4 Å². The zero-order chi connectivity index (χ0) is 15.5. The minimum atomic E-state index is -1.06. The van der Waals surface area contributed by atoms with Gasteiger partial charge in [-0.15, -0.1) is 0 Å². The molecule has 2 bridgehead atoms. The third-order valence-electron chi connectivity index (χ3n) is 4.71. The average Bonchev–Trinajstić information content (AvgIpc) is 3.18. The highest BCUT2D eigenvalue weighted by molar-refractivity contribution is 6.23. The number of aliphatic hydroxyl groups excluding tert-OH is 1. The summed E-state index contributed by atoms with van der Waals surface area (Å²) < 4.78 is 10.8. The van der Waals surface area contributed by atoms with Crippen LogP contribution in [0, 0.1) is 11.8 Å². The topological polar surface area (TPSA) is 76.1 Å². The van der Waals surface area contributed by atoms with Crippen molar-refractivity contribution >= 4 is 17.5 Å². The van der Waals surface area contributed by atoms with E-state index in [9.17, 15) is 14.7 Å². The van der Waals surface area contributed by atoms with E-state index in [1.54, 1.807) is 36.4 Å². The van der Waals surface area contributed by atoms with Gasteiger partial charge in [-0.1, -0.05) is 18.2 Å². The second-order valence-corrected chi connectivity index (χ2v) is 5.77. The van der Waals surface area contributed by atoms with Gasteiger partial charge in [0.25, 0.3) is 0 Å². The first-order valence-corrected chi connectivity index (χ1v) is 7.11. The summed E-state index contributed by atoms with van der Waals surface area (Å²) in [5, 5.41) is 9.66. The molecule has 3 heterocycles. The Hall–Kier alpha value is -2.18. The Morgan fingerprint density at radius 2 is 2.18 bits per heavy atom. The third kappa shape index (κ3) is 1.51. The highest BCUT2D eigenvalue weighted by atomic mass is 16.5. The molecule has 4 atom stereocenters. The van der Waals surface area contributed by atoms with Crippen molar-refractivity contribution in [3.8, 4) is 5.75 Å². The molecule has 0 aliphatic carbocycles. The molecule has 0 aromatic heterocycles. The van der Waals surface area contributed by atoms with Gasteiger partial charge >= 0.3 is 0 Å². The Morgan fingerprint density at radius 3 is 2.91 bits per heavy atom. The fraction of sp³-hybridized carbons (Fsp3) is 0.375. The molecule has 1 aromatic carbocycles. The fourth-order valence-electron chi connectivity index (χ4n) is 3.69. The molecule has 2 saturated heterocycles. The van der Waals surface area contributed by atoms with Gasteiger partial charge < -0.3 is 14.6 Å². The van der Waals surface area contributed by atoms with Gasteiger partial charge in [0.2, 0.25) is 11.8 Å². The van der Waals surface area contributed by atoms with Crippen LogP contribution >= 0.6 is 0 Å². The zero-order valence-electron chi connectivity index (χ0n) is 11.9. The number of aliphatic hydroxyl groups is 1. The van der Waals surface area contributed by atoms with Crippen LogP contribution < -0.4 is 9.64 Å². The number of hydrogen-bond acceptors (Lipinski definition) is 5. The molecule has 3 aliphatic heterocycles. The predicted molar refractivity (Wildman–Crippen MR) is 76.3 cm³/mol. The minimum Gasteiger partial charge on any atom is -0.497 e. The Balaban J connectivity index is 1.76. The minimum absolute atomic E-state index is 0.284. The fourth-order valence-corrected chi connectivity index (χ4v) is 3.69. The van der Waals surface area contributed by atoms with Gasteiger partial charge in [0.05, 0.1) is 37.3 Å². The monoisotopic (exact) mass is 301 g/mol. The van der Waals surface area contributed by atoms with E-state index < -0.39 is 23.5 Å². The SMILES string of the molecule is COc1cccc(N2C(=O)[C@@H]3[C@@H]4C=C[C@](CO)(O4)[C@@H]3C2=O)c1. The van der Waals surface area contributed by atoms with E-state index in [0.717, 1.165) is 0 Å². The van der Waals surface area contributed by atoms with Crippen molar-refractivity contribution < 1.29 is 24.2 Å². The molecule has 4 rings (SSSR count). The van der Waals surface area contributed by atoms with Crippen LogP contribution in [0.25, 0.3) is 0 Å². The molecule has 2 fully saturated rings. The Labute approximate surface area is 126 Å². The third-order valence-corrected chi connectivity index (χ3v) is 4.71. The van der Waals surface area contributed by atoms with Crippen LogP contribution in [-0.4, -0.2) is 42.3 Å². The summed E-state index contributed by atoms with van der Waals surface area (Å²) in [6.45, 7) is -0.313.